The average molecular weight is 418 g/mol. The third-order valence-electron chi connectivity index (χ3n) is 5.31. The number of urea groups is 1. The van der Waals surface area contributed by atoms with E-state index in [0.29, 0.717) is 18.0 Å². The van der Waals surface area contributed by atoms with Crippen LogP contribution in [0.2, 0.25) is 0 Å². The molecule has 1 fully saturated rings. The van der Waals surface area contributed by atoms with E-state index >= 15 is 0 Å². The summed E-state index contributed by atoms with van der Waals surface area (Å²) in [7, 11) is 1.53. The zero-order chi connectivity index (χ0) is 21.1. The highest BCUT2D eigenvalue weighted by atomic mass is 32.2. The average Bonchev–Trinajstić information content (AvgIpc) is 3.00. The van der Waals surface area contributed by atoms with Gasteiger partial charge in [-0.05, 0) is 42.9 Å². The molecule has 0 spiro atoms. The van der Waals surface area contributed by atoms with Crippen LogP contribution in [0.3, 0.4) is 0 Å². The molecule has 29 heavy (non-hydrogen) atoms. The van der Waals surface area contributed by atoms with Gasteiger partial charge in [0, 0.05) is 12.6 Å². The zero-order valence-corrected chi connectivity index (χ0v) is 18.0. The molecule has 0 saturated carbocycles. The van der Waals surface area contributed by atoms with Gasteiger partial charge in [-0.3, -0.25) is 9.59 Å². The molecule has 8 heteroatoms. The lowest BCUT2D eigenvalue weighted by Crippen LogP contribution is -2.62. The predicted molar refractivity (Wildman–Crippen MR) is 114 cm³/mol. The molecule has 1 aromatic rings. The molecule has 1 saturated heterocycles. The summed E-state index contributed by atoms with van der Waals surface area (Å²) in [5.41, 5.74) is 1.39. The summed E-state index contributed by atoms with van der Waals surface area (Å²) in [6.45, 7) is 6.42. The standard InChI is InChI=1S/C21H27N3O4S/c1-5-6-10-22-17(25)12-23-20-18(13(2)14(3)29-20)19(26)24(21(23)27)15-8-7-9-16(11-15)28-4/h7-9,11,18,20H,5-6,10,12H2,1-4H3,(H,22,25). The molecular weight excluding hydrogens is 390 g/mol. The quantitative estimate of drug-likeness (QED) is 0.688. The molecule has 2 heterocycles. The van der Waals surface area contributed by atoms with E-state index in [1.807, 2.05) is 13.8 Å². The van der Waals surface area contributed by atoms with Crippen molar-refractivity contribution in [2.45, 2.75) is 39.0 Å². The van der Waals surface area contributed by atoms with Crippen LogP contribution in [0.1, 0.15) is 33.6 Å². The number of nitrogens with one attached hydrogen (secondary N) is 1. The number of hydrogen-bond acceptors (Lipinski definition) is 5. The van der Waals surface area contributed by atoms with Crippen molar-refractivity contribution in [2.75, 3.05) is 25.1 Å². The molecule has 0 aromatic heterocycles. The smallest absolute Gasteiger partial charge is 0.332 e. The van der Waals surface area contributed by atoms with Crippen LogP contribution in [0.25, 0.3) is 0 Å². The number of nitrogens with zero attached hydrogens (tertiary/aromatic N) is 2. The molecule has 2 unspecified atom stereocenters. The molecule has 0 aliphatic carbocycles. The molecule has 2 atom stereocenters. The van der Waals surface area contributed by atoms with Gasteiger partial charge in [0.25, 0.3) is 0 Å². The number of thioether (sulfide) groups is 1. The van der Waals surface area contributed by atoms with Gasteiger partial charge >= 0.3 is 6.03 Å². The Kier molecular flexibility index (Phi) is 6.52. The van der Waals surface area contributed by atoms with Crippen molar-refractivity contribution in [1.29, 1.82) is 0 Å². The number of imide groups is 1. The van der Waals surface area contributed by atoms with E-state index in [1.165, 1.54) is 28.7 Å². The van der Waals surface area contributed by atoms with E-state index in [4.69, 9.17) is 4.74 Å². The van der Waals surface area contributed by atoms with Crippen molar-refractivity contribution < 1.29 is 19.1 Å². The second-order valence-electron chi connectivity index (χ2n) is 7.21. The molecule has 0 radical (unpaired) electrons. The van der Waals surface area contributed by atoms with Crippen LogP contribution >= 0.6 is 11.8 Å². The summed E-state index contributed by atoms with van der Waals surface area (Å²) in [6.07, 6.45) is 1.86. The summed E-state index contributed by atoms with van der Waals surface area (Å²) in [5, 5.41) is 2.46. The van der Waals surface area contributed by atoms with Gasteiger partial charge in [0.1, 0.15) is 12.3 Å². The first kappa shape index (κ1) is 21.2. The molecule has 0 bridgehead atoms. The molecule has 1 N–H and O–H groups in total. The maximum absolute atomic E-state index is 13.3. The van der Waals surface area contributed by atoms with Gasteiger partial charge in [-0.15, -0.1) is 11.8 Å². The van der Waals surface area contributed by atoms with Crippen molar-refractivity contribution in [3.63, 3.8) is 0 Å². The highest BCUT2D eigenvalue weighted by molar-refractivity contribution is 8.03. The Morgan fingerprint density at radius 3 is 2.72 bits per heavy atom. The van der Waals surface area contributed by atoms with E-state index < -0.39 is 17.3 Å². The number of fused-ring (bicyclic) bond motifs is 1. The van der Waals surface area contributed by atoms with Gasteiger partial charge in [0.15, 0.2) is 0 Å². The molecule has 1 aromatic carbocycles. The van der Waals surface area contributed by atoms with E-state index in [-0.39, 0.29) is 18.4 Å². The van der Waals surface area contributed by atoms with E-state index in [0.717, 1.165) is 23.3 Å². The Morgan fingerprint density at radius 1 is 1.28 bits per heavy atom. The number of methoxy groups -OCH3 is 1. The first-order chi connectivity index (χ1) is 13.9. The summed E-state index contributed by atoms with van der Waals surface area (Å²) in [5.74, 6) is -0.392. The fourth-order valence-corrected chi connectivity index (χ4v) is 4.98. The Bertz CT molecular complexity index is 854. The highest BCUT2D eigenvalue weighted by Crippen LogP contribution is 2.47. The first-order valence-corrected chi connectivity index (χ1v) is 10.7. The van der Waals surface area contributed by atoms with Crippen LogP contribution in [-0.4, -0.2) is 48.3 Å². The van der Waals surface area contributed by atoms with E-state index in [9.17, 15) is 14.4 Å². The number of hydrogen-bond donors (Lipinski definition) is 1. The minimum Gasteiger partial charge on any atom is -0.497 e. The number of allylic oxidation sites excluding steroid dienone is 1. The molecule has 2 aliphatic heterocycles. The lowest BCUT2D eigenvalue weighted by molar-refractivity contribution is -0.126. The van der Waals surface area contributed by atoms with Crippen molar-refractivity contribution in [3.8, 4) is 5.75 Å². The van der Waals surface area contributed by atoms with Gasteiger partial charge < -0.3 is 15.0 Å². The zero-order valence-electron chi connectivity index (χ0n) is 17.2. The monoisotopic (exact) mass is 417 g/mol. The number of carbonyl (C=O) groups excluding carboxylic acids is 3. The molecule has 3 rings (SSSR count). The van der Waals surface area contributed by atoms with Gasteiger partial charge in [0.05, 0.1) is 24.1 Å². The maximum atomic E-state index is 13.3. The number of unbranched alkanes of at least 4 members (excludes halogenated alkanes) is 1. The minimum atomic E-state index is -0.481. The third kappa shape index (κ3) is 4.12. The Balaban J connectivity index is 1.92. The first-order valence-electron chi connectivity index (χ1n) is 9.78. The van der Waals surface area contributed by atoms with Crippen molar-refractivity contribution in [3.05, 3.63) is 34.7 Å². The van der Waals surface area contributed by atoms with Crippen LogP contribution in [0.15, 0.2) is 34.7 Å². The lowest BCUT2D eigenvalue weighted by atomic mass is 9.95. The van der Waals surface area contributed by atoms with Crippen molar-refractivity contribution in [2.24, 2.45) is 5.92 Å². The Labute approximate surface area is 175 Å². The van der Waals surface area contributed by atoms with E-state index in [1.54, 1.807) is 24.3 Å². The normalized spacial score (nSPS) is 21.5. The van der Waals surface area contributed by atoms with Gasteiger partial charge in [-0.2, -0.15) is 0 Å². The fourth-order valence-electron chi connectivity index (χ4n) is 3.56. The van der Waals surface area contributed by atoms with Crippen molar-refractivity contribution in [1.82, 2.24) is 10.2 Å². The van der Waals surface area contributed by atoms with Crippen LogP contribution < -0.4 is 15.0 Å². The van der Waals surface area contributed by atoms with Gasteiger partial charge in [0.2, 0.25) is 11.8 Å². The summed E-state index contributed by atoms with van der Waals surface area (Å²) in [4.78, 5) is 42.8. The predicted octanol–water partition coefficient (Wildman–Crippen LogP) is 3.36. The van der Waals surface area contributed by atoms with Gasteiger partial charge in [-0.1, -0.05) is 19.4 Å². The van der Waals surface area contributed by atoms with Crippen molar-refractivity contribution >= 4 is 35.3 Å². The van der Waals surface area contributed by atoms with Crippen LogP contribution in [0.5, 0.6) is 5.75 Å². The Hall–Kier alpha value is -2.48. The number of anilines is 1. The molecule has 7 nitrogen and oxygen atoms in total. The lowest BCUT2D eigenvalue weighted by Gasteiger charge is -2.41. The number of benzene rings is 1. The number of amides is 4. The maximum Gasteiger partial charge on any atom is 0.332 e. The van der Waals surface area contributed by atoms with Crippen LogP contribution in [0.4, 0.5) is 10.5 Å². The number of ether oxygens (including phenoxy) is 1. The highest BCUT2D eigenvalue weighted by Gasteiger charge is 2.51. The molecular formula is C21H27N3O4S. The SMILES string of the molecule is CCCCNC(=O)CN1C(=O)N(c2cccc(OC)c2)C(=O)C2C(C)=C(C)SC21. The largest absolute Gasteiger partial charge is 0.497 e. The Morgan fingerprint density at radius 2 is 2.03 bits per heavy atom. The minimum absolute atomic E-state index is 0.0784. The van der Waals surface area contributed by atoms with Crippen LogP contribution in [0, 0.1) is 5.92 Å². The van der Waals surface area contributed by atoms with Gasteiger partial charge in [-0.25, -0.2) is 9.69 Å². The fraction of sp³-hybridized carbons (Fsp3) is 0.476. The second kappa shape index (κ2) is 8.90. The summed E-state index contributed by atoms with van der Waals surface area (Å²) < 4.78 is 5.25. The summed E-state index contributed by atoms with van der Waals surface area (Å²) in [6, 6.07) is 6.37. The second-order valence-corrected chi connectivity index (χ2v) is 8.55. The topological polar surface area (TPSA) is 79.0 Å². The number of rotatable bonds is 7. The third-order valence-corrected chi connectivity index (χ3v) is 6.76. The molecule has 4 amide bonds. The molecule has 2 aliphatic rings. The summed E-state index contributed by atoms with van der Waals surface area (Å²) >= 11 is 1.48. The van der Waals surface area contributed by atoms with Crippen LogP contribution in [-0.2, 0) is 9.59 Å². The number of carbonyl (C=O) groups is 3. The van der Waals surface area contributed by atoms with E-state index in [2.05, 4.69) is 12.2 Å². The molecule has 156 valence electrons.